The molecule has 0 aliphatic rings. The van der Waals surface area contributed by atoms with Gasteiger partial charge in [0, 0.05) is 18.9 Å². The number of carbonyl (C=O) groups is 1. The zero-order valence-corrected chi connectivity index (χ0v) is 18.0. The summed E-state index contributed by atoms with van der Waals surface area (Å²) in [5, 5.41) is 1.87. The smallest absolute Gasteiger partial charge is 0.224 e. The van der Waals surface area contributed by atoms with Crippen LogP contribution in [-0.4, -0.2) is 25.9 Å². The van der Waals surface area contributed by atoms with Gasteiger partial charge in [0.25, 0.3) is 0 Å². The summed E-state index contributed by atoms with van der Waals surface area (Å²) in [4.78, 5) is 16.7. The van der Waals surface area contributed by atoms with Crippen molar-refractivity contribution in [3.63, 3.8) is 0 Å². The van der Waals surface area contributed by atoms with Crippen molar-refractivity contribution in [2.24, 2.45) is 0 Å². The Labute approximate surface area is 178 Å². The molecule has 5 nitrogen and oxygen atoms in total. The average Bonchev–Trinajstić information content (AvgIpc) is 2.75. The van der Waals surface area contributed by atoms with E-state index in [2.05, 4.69) is 24.1 Å². The summed E-state index contributed by atoms with van der Waals surface area (Å²) in [6.45, 7) is 4.10. The summed E-state index contributed by atoms with van der Waals surface area (Å²) < 4.78 is 26.8. The lowest BCUT2D eigenvalue weighted by atomic mass is 10.0. The number of pyridine rings is 1. The van der Waals surface area contributed by atoms with Gasteiger partial charge in [0.2, 0.25) is 5.91 Å². The van der Waals surface area contributed by atoms with Crippen LogP contribution in [0.3, 0.4) is 0 Å². The van der Waals surface area contributed by atoms with Crippen LogP contribution in [0.4, 0.5) is 0 Å². The first kappa shape index (κ1) is 21.7. The first-order valence-electron chi connectivity index (χ1n) is 9.92. The van der Waals surface area contributed by atoms with Crippen LogP contribution < -0.4 is 5.32 Å². The molecule has 0 aliphatic heterocycles. The second-order valence-electron chi connectivity index (χ2n) is 7.51. The van der Waals surface area contributed by atoms with Crippen LogP contribution in [0.2, 0.25) is 0 Å². The van der Waals surface area contributed by atoms with E-state index in [0.717, 1.165) is 11.1 Å². The van der Waals surface area contributed by atoms with Gasteiger partial charge in [0.15, 0.2) is 9.84 Å². The van der Waals surface area contributed by atoms with Crippen LogP contribution in [0.15, 0.2) is 84.0 Å². The summed E-state index contributed by atoms with van der Waals surface area (Å²) in [7, 11) is -3.72. The molecule has 30 heavy (non-hydrogen) atoms. The molecule has 0 spiro atoms. The topological polar surface area (TPSA) is 76.1 Å². The summed E-state index contributed by atoms with van der Waals surface area (Å²) in [6.07, 6.45) is 3.33. The standard InChI is InChI=1S/C24H26N2O3S/c1-18(2)20-10-12-22(13-11-20)30(28,29)23(21-9-6-14-25-16-21)17-26-24(27)15-19-7-4-3-5-8-19/h3-14,16,18,23H,15,17H2,1-2H3,(H,26,27). The molecule has 1 amide bonds. The Bertz CT molecular complexity index is 1060. The summed E-state index contributed by atoms with van der Waals surface area (Å²) in [5.74, 6) is 0.0913. The molecule has 0 bridgehead atoms. The molecule has 1 N–H and O–H groups in total. The number of sulfone groups is 1. The van der Waals surface area contributed by atoms with Crippen LogP contribution in [0.5, 0.6) is 0 Å². The molecule has 1 unspecified atom stereocenters. The fourth-order valence-corrected chi connectivity index (χ4v) is 4.87. The van der Waals surface area contributed by atoms with Crippen molar-refractivity contribution < 1.29 is 13.2 Å². The lowest BCUT2D eigenvalue weighted by molar-refractivity contribution is -0.120. The Kier molecular flexibility index (Phi) is 7.00. The zero-order chi connectivity index (χ0) is 21.6. The van der Waals surface area contributed by atoms with Crippen LogP contribution in [-0.2, 0) is 21.1 Å². The van der Waals surface area contributed by atoms with E-state index in [-0.39, 0.29) is 23.8 Å². The summed E-state index contributed by atoms with van der Waals surface area (Å²) in [6, 6.07) is 19.7. The SMILES string of the molecule is CC(C)c1ccc(S(=O)(=O)C(CNC(=O)Cc2ccccc2)c2cccnc2)cc1. The first-order valence-corrected chi connectivity index (χ1v) is 11.5. The van der Waals surface area contributed by atoms with Crippen molar-refractivity contribution in [1.82, 2.24) is 10.3 Å². The number of hydrogen-bond acceptors (Lipinski definition) is 4. The van der Waals surface area contributed by atoms with Gasteiger partial charge in [-0.3, -0.25) is 9.78 Å². The molecule has 6 heteroatoms. The number of benzene rings is 2. The van der Waals surface area contributed by atoms with E-state index in [4.69, 9.17) is 0 Å². The molecule has 0 aliphatic carbocycles. The van der Waals surface area contributed by atoms with Gasteiger partial charge < -0.3 is 5.32 Å². The van der Waals surface area contributed by atoms with Crippen LogP contribution in [0.1, 0.15) is 41.7 Å². The van der Waals surface area contributed by atoms with Crippen molar-refractivity contribution in [2.45, 2.75) is 36.3 Å². The van der Waals surface area contributed by atoms with E-state index in [9.17, 15) is 13.2 Å². The molecule has 0 saturated carbocycles. The lowest BCUT2D eigenvalue weighted by Crippen LogP contribution is -2.33. The van der Waals surface area contributed by atoms with Crippen LogP contribution in [0.25, 0.3) is 0 Å². The molecule has 0 saturated heterocycles. The van der Waals surface area contributed by atoms with E-state index >= 15 is 0 Å². The number of nitrogens with one attached hydrogen (secondary N) is 1. The number of rotatable bonds is 8. The Morgan fingerprint density at radius 3 is 2.23 bits per heavy atom. The number of amides is 1. The van der Waals surface area contributed by atoms with Gasteiger partial charge in [-0.25, -0.2) is 8.42 Å². The third-order valence-corrected chi connectivity index (χ3v) is 7.12. The maximum atomic E-state index is 13.4. The van der Waals surface area contributed by atoms with E-state index in [0.29, 0.717) is 11.5 Å². The highest BCUT2D eigenvalue weighted by atomic mass is 32.2. The second kappa shape index (κ2) is 9.67. The largest absolute Gasteiger partial charge is 0.354 e. The van der Waals surface area contributed by atoms with Crippen molar-refractivity contribution in [3.8, 4) is 0 Å². The molecule has 1 atom stereocenters. The van der Waals surface area contributed by atoms with Gasteiger partial charge >= 0.3 is 0 Å². The van der Waals surface area contributed by atoms with Gasteiger partial charge in [-0.2, -0.15) is 0 Å². The van der Waals surface area contributed by atoms with Crippen molar-refractivity contribution in [1.29, 1.82) is 0 Å². The fraction of sp³-hybridized carbons (Fsp3) is 0.250. The molecule has 0 radical (unpaired) electrons. The fourth-order valence-electron chi connectivity index (χ4n) is 3.23. The Morgan fingerprint density at radius 2 is 1.63 bits per heavy atom. The minimum absolute atomic E-state index is 0.0222. The molecule has 0 fully saturated rings. The van der Waals surface area contributed by atoms with Gasteiger partial charge in [0.1, 0.15) is 5.25 Å². The minimum atomic E-state index is -3.72. The molecule has 156 valence electrons. The molecule has 3 rings (SSSR count). The first-order chi connectivity index (χ1) is 14.4. The molecule has 3 aromatic rings. The highest BCUT2D eigenvalue weighted by Crippen LogP contribution is 2.29. The van der Waals surface area contributed by atoms with Gasteiger partial charge in [-0.05, 0) is 40.8 Å². The third-order valence-electron chi connectivity index (χ3n) is 5.00. The maximum Gasteiger partial charge on any atom is 0.224 e. The van der Waals surface area contributed by atoms with E-state index in [1.807, 2.05) is 42.5 Å². The van der Waals surface area contributed by atoms with Crippen LogP contribution >= 0.6 is 0 Å². The summed E-state index contributed by atoms with van der Waals surface area (Å²) in [5.41, 5.74) is 2.49. The van der Waals surface area contributed by atoms with Crippen molar-refractivity contribution >= 4 is 15.7 Å². The lowest BCUT2D eigenvalue weighted by Gasteiger charge is -2.19. The van der Waals surface area contributed by atoms with Crippen molar-refractivity contribution in [3.05, 3.63) is 95.8 Å². The van der Waals surface area contributed by atoms with Crippen LogP contribution in [0, 0.1) is 0 Å². The molecule has 1 aromatic heterocycles. The number of carbonyl (C=O) groups excluding carboxylic acids is 1. The second-order valence-corrected chi connectivity index (χ2v) is 9.64. The third kappa shape index (κ3) is 5.33. The number of hydrogen-bond donors (Lipinski definition) is 1. The Morgan fingerprint density at radius 1 is 0.933 bits per heavy atom. The number of nitrogens with zero attached hydrogens (tertiary/aromatic N) is 1. The summed E-state index contributed by atoms with van der Waals surface area (Å²) >= 11 is 0. The highest BCUT2D eigenvalue weighted by Gasteiger charge is 2.30. The number of aromatic nitrogens is 1. The normalized spacial score (nSPS) is 12.5. The van der Waals surface area contributed by atoms with E-state index in [1.165, 1.54) is 6.20 Å². The zero-order valence-electron chi connectivity index (χ0n) is 17.2. The molecule has 2 aromatic carbocycles. The molecular formula is C24H26N2O3S. The Balaban J connectivity index is 1.82. The monoisotopic (exact) mass is 422 g/mol. The molecular weight excluding hydrogens is 396 g/mol. The Hall–Kier alpha value is -2.99. The molecule has 1 heterocycles. The average molecular weight is 423 g/mol. The quantitative estimate of drug-likeness (QED) is 0.593. The maximum absolute atomic E-state index is 13.4. The van der Waals surface area contributed by atoms with Crippen molar-refractivity contribution in [2.75, 3.05) is 6.54 Å². The van der Waals surface area contributed by atoms with Gasteiger partial charge in [-0.15, -0.1) is 0 Å². The minimum Gasteiger partial charge on any atom is -0.354 e. The predicted molar refractivity (Wildman–Crippen MR) is 118 cm³/mol. The van der Waals surface area contributed by atoms with E-state index in [1.54, 1.807) is 30.5 Å². The van der Waals surface area contributed by atoms with E-state index < -0.39 is 15.1 Å². The highest BCUT2D eigenvalue weighted by molar-refractivity contribution is 7.91. The van der Waals surface area contributed by atoms with Gasteiger partial charge in [0.05, 0.1) is 11.3 Å². The van der Waals surface area contributed by atoms with Gasteiger partial charge in [-0.1, -0.05) is 62.4 Å². The predicted octanol–water partition coefficient (Wildman–Crippen LogP) is 4.08.